The van der Waals surface area contributed by atoms with Crippen LogP contribution in [0.2, 0.25) is 0 Å². The summed E-state index contributed by atoms with van der Waals surface area (Å²) < 4.78 is 0. The van der Waals surface area contributed by atoms with Gasteiger partial charge in [0.25, 0.3) is 0 Å². The molecule has 0 bridgehead atoms. The van der Waals surface area contributed by atoms with Crippen LogP contribution in [0, 0.1) is 0 Å². The maximum absolute atomic E-state index is 8.21. The molecule has 0 aromatic heterocycles. The maximum Gasteiger partial charge on any atom is 0.0718 e. The average molecular weight is 170 g/mol. The Balaban J connectivity index is 3.33. The lowest BCUT2D eigenvalue weighted by Gasteiger charge is -1.94. The summed E-state index contributed by atoms with van der Waals surface area (Å²) in [5.41, 5.74) is 0.595. The fraction of sp³-hybridized carbons (Fsp3) is 0.800. The van der Waals surface area contributed by atoms with Crippen molar-refractivity contribution in [3.05, 3.63) is 0 Å². The van der Waals surface area contributed by atoms with E-state index in [2.05, 4.69) is 5.16 Å². The van der Waals surface area contributed by atoms with Gasteiger partial charge in [0.15, 0.2) is 0 Å². The molecule has 0 rings (SSSR count). The fourth-order valence-corrected chi connectivity index (χ4v) is 0.735. The minimum absolute atomic E-state index is 0.285. The van der Waals surface area contributed by atoms with Gasteiger partial charge in [0.1, 0.15) is 0 Å². The van der Waals surface area contributed by atoms with Crippen LogP contribution >= 0.6 is 23.2 Å². The van der Waals surface area contributed by atoms with Crippen molar-refractivity contribution in [2.75, 3.05) is 11.8 Å². The highest BCUT2D eigenvalue weighted by atomic mass is 35.5. The van der Waals surface area contributed by atoms with Gasteiger partial charge in [-0.25, -0.2) is 0 Å². The average Bonchev–Trinajstić information content (AvgIpc) is 1.91. The number of hydrogen-bond donors (Lipinski definition) is 1. The van der Waals surface area contributed by atoms with Crippen molar-refractivity contribution in [3.8, 4) is 0 Å². The normalized spacial score (nSPS) is 12.0. The summed E-state index contributed by atoms with van der Waals surface area (Å²) in [6, 6.07) is 0. The van der Waals surface area contributed by atoms with Gasteiger partial charge in [-0.05, 0) is 12.8 Å². The molecular weight excluding hydrogens is 161 g/mol. The van der Waals surface area contributed by atoms with E-state index in [4.69, 9.17) is 28.4 Å². The minimum Gasteiger partial charge on any atom is -0.411 e. The lowest BCUT2D eigenvalue weighted by Crippen LogP contribution is -1.99. The lowest BCUT2D eigenvalue weighted by atomic mass is 10.2. The molecule has 0 aliphatic carbocycles. The monoisotopic (exact) mass is 169 g/mol. The molecule has 0 aromatic carbocycles. The highest BCUT2D eigenvalue weighted by Crippen LogP contribution is 1.96. The van der Waals surface area contributed by atoms with E-state index in [0.29, 0.717) is 18.0 Å². The first kappa shape index (κ1) is 9.05. The van der Waals surface area contributed by atoms with Gasteiger partial charge in [-0.3, -0.25) is 0 Å². The van der Waals surface area contributed by atoms with E-state index in [0.717, 1.165) is 6.42 Å². The van der Waals surface area contributed by atoms with Gasteiger partial charge in [0, 0.05) is 5.88 Å². The van der Waals surface area contributed by atoms with Crippen molar-refractivity contribution in [1.82, 2.24) is 0 Å². The molecule has 0 saturated carbocycles. The second-order valence-corrected chi connectivity index (χ2v) is 2.24. The van der Waals surface area contributed by atoms with Crippen LogP contribution in [0.4, 0.5) is 0 Å². The first-order valence-corrected chi connectivity index (χ1v) is 3.73. The summed E-state index contributed by atoms with van der Waals surface area (Å²) >= 11 is 10.7. The Morgan fingerprint density at radius 1 is 1.44 bits per heavy atom. The molecule has 0 atom stereocenters. The molecule has 0 heterocycles. The van der Waals surface area contributed by atoms with E-state index >= 15 is 0 Å². The van der Waals surface area contributed by atoms with Crippen molar-refractivity contribution in [2.24, 2.45) is 5.16 Å². The molecule has 0 spiro atoms. The Morgan fingerprint density at radius 3 is 2.44 bits per heavy atom. The first-order valence-electron chi connectivity index (χ1n) is 2.67. The van der Waals surface area contributed by atoms with Crippen LogP contribution in [-0.2, 0) is 0 Å². The second kappa shape index (κ2) is 6.17. The number of halogens is 2. The number of alkyl halides is 2. The number of rotatable bonds is 4. The van der Waals surface area contributed by atoms with E-state index in [9.17, 15) is 0 Å². The van der Waals surface area contributed by atoms with Crippen LogP contribution in [0.5, 0.6) is 0 Å². The lowest BCUT2D eigenvalue weighted by molar-refractivity contribution is 0.317. The zero-order chi connectivity index (χ0) is 7.11. The van der Waals surface area contributed by atoms with Crippen LogP contribution in [0.1, 0.15) is 12.8 Å². The zero-order valence-electron chi connectivity index (χ0n) is 4.98. The predicted octanol–water partition coefficient (Wildman–Crippen LogP) is 2.07. The molecule has 9 heavy (non-hydrogen) atoms. The first-order chi connectivity index (χ1) is 4.35. The third-order valence-electron chi connectivity index (χ3n) is 0.895. The van der Waals surface area contributed by atoms with Gasteiger partial charge in [-0.1, -0.05) is 5.16 Å². The maximum atomic E-state index is 8.21. The standard InChI is InChI=1S/C5H9Cl2NO/c6-3-1-2-5(4-7)8-9/h9H,1-4H2/b8-5+. The molecule has 0 radical (unpaired) electrons. The van der Waals surface area contributed by atoms with E-state index in [1.54, 1.807) is 0 Å². The van der Waals surface area contributed by atoms with Crippen LogP contribution in [0.15, 0.2) is 5.16 Å². The molecule has 0 amide bonds. The topological polar surface area (TPSA) is 32.6 Å². The Kier molecular flexibility index (Phi) is 6.21. The summed E-state index contributed by atoms with van der Waals surface area (Å²) in [7, 11) is 0. The van der Waals surface area contributed by atoms with Gasteiger partial charge in [-0.15, -0.1) is 23.2 Å². The third-order valence-corrected chi connectivity index (χ3v) is 1.47. The molecule has 4 heteroatoms. The van der Waals surface area contributed by atoms with E-state index in [1.165, 1.54) is 0 Å². The summed E-state index contributed by atoms with van der Waals surface area (Å²) in [6.07, 6.45) is 1.50. The van der Waals surface area contributed by atoms with Crippen LogP contribution in [0.25, 0.3) is 0 Å². The van der Waals surface area contributed by atoms with Gasteiger partial charge in [0.05, 0.1) is 11.6 Å². The Labute approximate surface area is 64.4 Å². The van der Waals surface area contributed by atoms with E-state index < -0.39 is 0 Å². The Hall–Kier alpha value is 0.0500. The van der Waals surface area contributed by atoms with Crippen LogP contribution in [0.3, 0.4) is 0 Å². The molecule has 1 N–H and O–H groups in total. The molecule has 0 aromatic rings. The smallest absolute Gasteiger partial charge is 0.0718 e. The van der Waals surface area contributed by atoms with Crippen LogP contribution in [-0.4, -0.2) is 22.7 Å². The Bertz CT molecular complexity index is 95.0. The van der Waals surface area contributed by atoms with Crippen LogP contribution < -0.4 is 0 Å². The van der Waals surface area contributed by atoms with Crippen molar-refractivity contribution < 1.29 is 5.21 Å². The zero-order valence-corrected chi connectivity index (χ0v) is 6.49. The molecule has 0 saturated heterocycles. The fourth-order valence-electron chi connectivity index (χ4n) is 0.414. The highest BCUT2D eigenvalue weighted by molar-refractivity contribution is 6.28. The summed E-state index contributed by atoms with van der Waals surface area (Å²) in [4.78, 5) is 0. The summed E-state index contributed by atoms with van der Waals surface area (Å²) in [5, 5.41) is 11.2. The second-order valence-electron chi connectivity index (χ2n) is 1.59. The highest BCUT2D eigenvalue weighted by Gasteiger charge is 1.95. The Morgan fingerprint density at radius 2 is 2.11 bits per heavy atom. The van der Waals surface area contributed by atoms with Gasteiger partial charge >= 0.3 is 0 Å². The third kappa shape index (κ3) is 4.55. The number of hydrogen-bond acceptors (Lipinski definition) is 2. The molecule has 0 unspecified atom stereocenters. The largest absolute Gasteiger partial charge is 0.411 e. The summed E-state index contributed by atoms with van der Waals surface area (Å²) in [5.74, 6) is 0.864. The number of nitrogens with zero attached hydrogens (tertiary/aromatic N) is 1. The molecule has 2 nitrogen and oxygen atoms in total. The SMILES string of the molecule is O/N=C(/CCl)CCCCl. The number of oxime groups is 1. The van der Waals surface area contributed by atoms with Crippen molar-refractivity contribution in [1.29, 1.82) is 0 Å². The van der Waals surface area contributed by atoms with Crippen molar-refractivity contribution in [3.63, 3.8) is 0 Å². The van der Waals surface area contributed by atoms with E-state index in [1.807, 2.05) is 0 Å². The molecule has 0 aliphatic heterocycles. The van der Waals surface area contributed by atoms with Gasteiger partial charge in [0.2, 0.25) is 0 Å². The van der Waals surface area contributed by atoms with Crippen molar-refractivity contribution >= 4 is 28.9 Å². The predicted molar refractivity (Wildman–Crippen MR) is 39.9 cm³/mol. The molecule has 54 valence electrons. The van der Waals surface area contributed by atoms with Crippen molar-refractivity contribution in [2.45, 2.75) is 12.8 Å². The van der Waals surface area contributed by atoms with Gasteiger partial charge < -0.3 is 5.21 Å². The van der Waals surface area contributed by atoms with Gasteiger partial charge in [-0.2, -0.15) is 0 Å². The molecule has 0 aliphatic rings. The van der Waals surface area contributed by atoms with E-state index in [-0.39, 0.29) is 5.88 Å². The molecular formula is C5H9Cl2NO. The molecule has 0 fully saturated rings. The minimum atomic E-state index is 0.285. The quantitative estimate of drug-likeness (QED) is 0.298. The summed E-state index contributed by atoms with van der Waals surface area (Å²) in [6.45, 7) is 0.